The Balaban J connectivity index is 2.13. The molecule has 0 aliphatic carbocycles. The Kier molecular flexibility index (Phi) is 13.5. The van der Waals surface area contributed by atoms with Crippen molar-refractivity contribution in [2.45, 2.75) is 70.6 Å². The number of benzene rings is 2. The number of aliphatic carboxylic acids is 1. The van der Waals surface area contributed by atoms with E-state index in [-0.39, 0.29) is 19.4 Å². The molecule has 222 valence electrons. The minimum atomic E-state index is -1.20. The largest absolute Gasteiger partial charge is 0.480 e. The van der Waals surface area contributed by atoms with Gasteiger partial charge in [0.05, 0.1) is 12.6 Å². The summed E-state index contributed by atoms with van der Waals surface area (Å²) >= 11 is 0. The molecule has 2 aromatic carbocycles. The molecule has 4 atom stereocenters. The van der Waals surface area contributed by atoms with Crippen LogP contribution in [-0.4, -0.2) is 65.4 Å². The van der Waals surface area contributed by atoms with Gasteiger partial charge in [0, 0.05) is 12.8 Å². The second-order valence-electron chi connectivity index (χ2n) is 10.2. The number of rotatable bonds is 16. The van der Waals surface area contributed by atoms with E-state index >= 15 is 0 Å². The maximum atomic E-state index is 13.4. The van der Waals surface area contributed by atoms with Gasteiger partial charge in [-0.05, 0) is 23.5 Å². The average Bonchev–Trinajstić information content (AvgIpc) is 2.94. The van der Waals surface area contributed by atoms with Crippen molar-refractivity contribution >= 4 is 29.6 Å². The smallest absolute Gasteiger partial charge is 0.326 e. The van der Waals surface area contributed by atoms with Crippen LogP contribution < -0.4 is 27.0 Å². The van der Waals surface area contributed by atoms with E-state index in [2.05, 4.69) is 21.3 Å². The van der Waals surface area contributed by atoms with Gasteiger partial charge in [0.25, 0.3) is 0 Å². The van der Waals surface area contributed by atoms with E-state index in [9.17, 15) is 29.1 Å². The van der Waals surface area contributed by atoms with Crippen molar-refractivity contribution < 1.29 is 29.1 Å². The van der Waals surface area contributed by atoms with Crippen LogP contribution in [0.25, 0.3) is 0 Å². The number of nitrogens with one attached hydrogen (secondary N) is 4. The van der Waals surface area contributed by atoms with Gasteiger partial charge in [0.1, 0.15) is 18.1 Å². The van der Waals surface area contributed by atoms with Crippen molar-refractivity contribution in [2.24, 2.45) is 11.7 Å². The number of carboxylic acids is 1. The van der Waals surface area contributed by atoms with Crippen molar-refractivity contribution in [1.82, 2.24) is 21.3 Å². The molecule has 0 aliphatic rings. The predicted molar refractivity (Wildman–Crippen MR) is 154 cm³/mol. The predicted octanol–water partition coefficient (Wildman–Crippen LogP) is 0.910. The van der Waals surface area contributed by atoms with Crippen LogP contribution in [0.4, 0.5) is 0 Å². The highest BCUT2D eigenvalue weighted by Crippen LogP contribution is 2.09. The first-order valence-corrected chi connectivity index (χ1v) is 13.8. The van der Waals surface area contributed by atoms with Gasteiger partial charge >= 0.3 is 5.97 Å². The van der Waals surface area contributed by atoms with E-state index in [1.165, 1.54) is 0 Å². The van der Waals surface area contributed by atoms with Gasteiger partial charge in [-0.3, -0.25) is 19.2 Å². The lowest BCUT2D eigenvalue weighted by atomic mass is 9.99. The van der Waals surface area contributed by atoms with E-state index < -0.39 is 59.7 Å². The molecule has 0 spiro atoms. The van der Waals surface area contributed by atoms with Gasteiger partial charge in [0.2, 0.25) is 23.6 Å². The minimum Gasteiger partial charge on any atom is -0.480 e. The van der Waals surface area contributed by atoms with Crippen LogP contribution in [0.3, 0.4) is 0 Å². The fourth-order valence-electron chi connectivity index (χ4n) is 4.15. The Morgan fingerprint density at radius 2 is 1.29 bits per heavy atom. The first-order valence-electron chi connectivity index (χ1n) is 13.8. The molecule has 0 aromatic heterocycles. The van der Waals surface area contributed by atoms with Crippen LogP contribution in [0.1, 0.15) is 44.7 Å². The second kappa shape index (κ2) is 16.8. The van der Waals surface area contributed by atoms with Gasteiger partial charge in [-0.25, -0.2) is 4.79 Å². The molecule has 0 aliphatic heterocycles. The lowest BCUT2D eigenvalue weighted by molar-refractivity contribution is -0.142. The van der Waals surface area contributed by atoms with E-state index in [4.69, 9.17) is 5.73 Å². The standard InChI is InChI=1S/C30H41N5O6/c1-4-11-22(31)27(37)32-18-25(36)33-23(16-20-12-7-5-8-13-20)28(38)35-26(19(2)3)29(39)34-24(30(40)41)17-21-14-9-6-10-15-21/h5-10,12-15,19,22-24,26H,4,11,16-18,31H2,1-3H3,(H,32,37)(H,33,36)(H,34,39)(H,35,38)(H,40,41). The van der Waals surface area contributed by atoms with Gasteiger partial charge in [-0.2, -0.15) is 0 Å². The maximum Gasteiger partial charge on any atom is 0.326 e. The van der Waals surface area contributed by atoms with Gasteiger partial charge in [-0.1, -0.05) is 87.9 Å². The topological polar surface area (TPSA) is 180 Å². The Morgan fingerprint density at radius 1 is 0.756 bits per heavy atom. The van der Waals surface area contributed by atoms with Crippen molar-refractivity contribution in [3.63, 3.8) is 0 Å². The van der Waals surface area contributed by atoms with Crippen LogP contribution in [0, 0.1) is 5.92 Å². The summed E-state index contributed by atoms with van der Waals surface area (Å²) in [5, 5.41) is 20.0. The van der Waals surface area contributed by atoms with E-state index in [1.54, 1.807) is 62.4 Å². The van der Waals surface area contributed by atoms with Crippen LogP contribution >= 0.6 is 0 Å². The third kappa shape index (κ3) is 11.4. The molecule has 0 saturated carbocycles. The molecule has 0 saturated heterocycles. The number of hydrogen-bond acceptors (Lipinski definition) is 6. The number of carbonyl (C=O) groups excluding carboxylic acids is 4. The highest BCUT2D eigenvalue weighted by atomic mass is 16.4. The molecule has 0 bridgehead atoms. The number of hydrogen-bond donors (Lipinski definition) is 6. The molecule has 2 rings (SSSR count). The molecular formula is C30H41N5O6. The Morgan fingerprint density at radius 3 is 1.78 bits per heavy atom. The fraction of sp³-hybridized carbons (Fsp3) is 0.433. The molecule has 4 unspecified atom stereocenters. The number of carbonyl (C=O) groups is 5. The number of amides is 4. The normalized spacial score (nSPS) is 13.8. The summed E-state index contributed by atoms with van der Waals surface area (Å²) in [6.07, 6.45) is 1.38. The first-order chi connectivity index (χ1) is 19.5. The van der Waals surface area contributed by atoms with Gasteiger partial charge in [0.15, 0.2) is 0 Å². The summed E-state index contributed by atoms with van der Waals surface area (Å²) in [5.74, 6) is -3.94. The molecule has 0 heterocycles. The highest BCUT2D eigenvalue weighted by Gasteiger charge is 2.31. The summed E-state index contributed by atoms with van der Waals surface area (Å²) < 4.78 is 0. The number of carboxylic acid groups (broad SMARTS) is 1. The van der Waals surface area contributed by atoms with Gasteiger partial charge in [-0.15, -0.1) is 0 Å². The zero-order valence-electron chi connectivity index (χ0n) is 23.8. The van der Waals surface area contributed by atoms with Crippen molar-refractivity contribution in [3.8, 4) is 0 Å². The van der Waals surface area contributed by atoms with E-state index in [1.807, 2.05) is 19.1 Å². The van der Waals surface area contributed by atoms with Crippen LogP contribution in [0.5, 0.6) is 0 Å². The zero-order valence-corrected chi connectivity index (χ0v) is 23.8. The van der Waals surface area contributed by atoms with Crippen LogP contribution in [0.2, 0.25) is 0 Å². The van der Waals surface area contributed by atoms with Crippen LogP contribution in [0.15, 0.2) is 60.7 Å². The van der Waals surface area contributed by atoms with E-state index in [0.29, 0.717) is 12.8 Å². The summed E-state index contributed by atoms with van der Waals surface area (Å²) in [6, 6.07) is 13.8. The third-order valence-corrected chi connectivity index (χ3v) is 6.44. The van der Waals surface area contributed by atoms with Gasteiger partial charge < -0.3 is 32.1 Å². The third-order valence-electron chi connectivity index (χ3n) is 6.44. The summed E-state index contributed by atoms with van der Waals surface area (Å²) in [6.45, 7) is 4.96. The monoisotopic (exact) mass is 567 g/mol. The van der Waals surface area contributed by atoms with Crippen LogP contribution in [-0.2, 0) is 36.8 Å². The Labute approximate surface area is 240 Å². The Hall–Kier alpha value is -4.25. The highest BCUT2D eigenvalue weighted by molar-refractivity contribution is 5.94. The molecule has 0 fully saturated rings. The molecule has 7 N–H and O–H groups in total. The fourth-order valence-corrected chi connectivity index (χ4v) is 4.15. The summed E-state index contributed by atoms with van der Waals surface area (Å²) in [7, 11) is 0. The molecule has 0 radical (unpaired) electrons. The van der Waals surface area contributed by atoms with Crippen molar-refractivity contribution in [3.05, 3.63) is 71.8 Å². The molecule has 2 aromatic rings. The number of nitrogens with two attached hydrogens (primary N) is 1. The molecule has 11 heteroatoms. The molecule has 41 heavy (non-hydrogen) atoms. The maximum absolute atomic E-state index is 13.4. The SMILES string of the molecule is CCCC(N)C(=O)NCC(=O)NC(Cc1ccccc1)C(=O)NC(C(=O)NC(Cc1ccccc1)C(=O)O)C(C)C. The molecule has 11 nitrogen and oxygen atoms in total. The lowest BCUT2D eigenvalue weighted by Crippen LogP contribution is -2.58. The molecular weight excluding hydrogens is 526 g/mol. The van der Waals surface area contributed by atoms with E-state index in [0.717, 1.165) is 11.1 Å². The average molecular weight is 568 g/mol. The minimum absolute atomic E-state index is 0.0704. The quantitative estimate of drug-likeness (QED) is 0.174. The second-order valence-corrected chi connectivity index (χ2v) is 10.2. The van der Waals surface area contributed by atoms with Crippen molar-refractivity contribution in [2.75, 3.05) is 6.54 Å². The molecule has 4 amide bonds. The summed E-state index contributed by atoms with van der Waals surface area (Å²) in [4.78, 5) is 63.3. The Bertz CT molecular complexity index is 1160. The van der Waals surface area contributed by atoms with Crippen molar-refractivity contribution in [1.29, 1.82) is 0 Å². The first kappa shape index (κ1) is 33.0. The summed E-state index contributed by atoms with van der Waals surface area (Å²) in [5.41, 5.74) is 7.29. The lowest BCUT2D eigenvalue weighted by Gasteiger charge is -2.27. The zero-order chi connectivity index (χ0) is 30.4.